The molecular weight excluding hydrogens is 234 g/mol. The van der Waals surface area contributed by atoms with E-state index in [1.807, 2.05) is 20.8 Å². The fraction of sp³-hybridized carbons (Fsp3) is 0.833. The Bertz CT molecular complexity index is 294. The first-order valence-electron chi connectivity index (χ1n) is 6.48. The van der Waals surface area contributed by atoms with Crippen LogP contribution in [0.5, 0.6) is 0 Å². The van der Waals surface area contributed by atoms with Crippen LogP contribution in [0.2, 0.25) is 0 Å². The number of nitrogens with one attached hydrogen (secondary N) is 2. The highest BCUT2D eigenvalue weighted by Gasteiger charge is 2.32. The fourth-order valence-electron chi connectivity index (χ4n) is 1.78. The summed E-state index contributed by atoms with van der Waals surface area (Å²) in [5.74, 6) is -0.156. The summed E-state index contributed by atoms with van der Waals surface area (Å²) in [7, 11) is 0. The third-order valence-electron chi connectivity index (χ3n) is 2.65. The minimum absolute atomic E-state index is 0.0555. The number of ether oxygens (including phenoxy) is 1. The maximum Gasteiger partial charge on any atom is 0.318 e. The number of hydrogen-bond donors (Lipinski definition) is 2. The summed E-state index contributed by atoms with van der Waals surface area (Å²) in [6.07, 6.45) is 0.874. The van der Waals surface area contributed by atoms with Crippen molar-refractivity contribution in [2.24, 2.45) is 0 Å². The zero-order valence-corrected chi connectivity index (χ0v) is 11.4. The average molecular weight is 257 g/mol. The molecule has 0 saturated carbocycles. The second-order valence-electron chi connectivity index (χ2n) is 4.68. The Morgan fingerprint density at radius 3 is 2.78 bits per heavy atom. The first-order chi connectivity index (χ1) is 8.56. The number of urea groups is 1. The zero-order valence-electron chi connectivity index (χ0n) is 11.4. The maximum atomic E-state index is 12.0. The van der Waals surface area contributed by atoms with Crippen LogP contribution in [0.1, 0.15) is 27.2 Å². The van der Waals surface area contributed by atoms with Gasteiger partial charge in [0.15, 0.2) is 0 Å². The van der Waals surface area contributed by atoms with E-state index in [9.17, 15) is 9.59 Å². The number of nitrogens with zero attached hydrogens (tertiary/aromatic N) is 1. The molecule has 0 aromatic rings. The monoisotopic (exact) mass is 257 g/mol. The Morgan fingerprint density at radius 2 is 2.17 bits per heavy atom. The van der Waals surface area contributed by atoms with Gasteiger partial charge in [0.2, 0.25) is 5.91 Å². The normalized spacial score (nSPS) is 19.8. The third kappa shape index (κ3) is 4.18. The molecular formula is C12H23N3O3. The van der Waals surface area contributed by atoms with Crippen molar-refractivity contribution in [1.82, 2.24) is 15.5 Å². The lowest BCUT2D eigenvalue weighted by Crippen LogP contribution is -2.59. The van der Waals surface area contributed by atoms with Gasteiger partial charge in [0.1, 0.15) is 6.04 Å². The van der Waals surface area contributed by atoms with Crippen molar-refractivity contribution < 1.29 is 14.3 Å². The van der Waals surface area contributed by atoms with Crippen LogP contribution in [0, 0.1) is 0 Å². The van der Waals surface area contributed by atoms with Gasteiger partial charge in [-0.25, -0.2) is 4.79 Å². The lowest BCUT2D eigenvalue weighted by atomic mass is 10.2. The molecule has 1 fully saturated rings. The van der Waals surface area contributed by atoms with Gasteiger partial charge >= 0.3 is 6.03 Å². The molecule has 0 aromatic heterocycles. The smallest absolute Gasteiger partial charge is 0.318 e. The zero-order chi connectivity index (χ0) is 13.5. The standard InChI is InChI=1S/C12H23N3O3/c1-4-5-13-12(17)15-6-7-18-8-10(15)11(16)14-9(2)3/h9-10H,4-8H2,1-3H3,(H,13,17)(H,14,16). The highest BCUT2D eigenvalue weighted by Crippen LogP contribution is 2.08. The van der Waals surface area contributed by atoms with Crippen molar-refractivity contribution in [1.29, 1.82) is 0 Å². The van der Waals surface area contributed by atoms with E-state index < -0.39 is 6.04 Å². The number of amides is 3. The molecule has 0 spiro atoms. The van der Waals surface area contributed by atoms with Crippen LogP contribution in [0.15, 0.2) is 0 Å². The van der Waals surface area contributed by atoms with E-state index in [0.717, 1.165) is 6.42 Å². The van der Waals surface area contributed by atoms with Crippen LogP contribution in [0.4, 0.5) is 4.79 Å². The van der Waals surface area contributed by atoms with Crippen molar-refractivity contribution in [2.45, 2.75) is 39.3 Å². The van der Waals surface area contributed by atoms with Gasteiger partial charge in [0.05, 0.1) is 13.2 Å². The summed E-state index contributed by atoms with van der Waals surface area (Å²) >= 11 is 0. The predicted molar refractivity (Wildman–Crippen MR) is 68.3 cm³/mol. The minimum atomic E-state index is -0.530. The van der Waals surface area contributed by atoms with Crippen LogP contribution in [0.3, 0.4) is 0 Å². The van der Waals surface area contributed by atoms with E-state index in [4.69, 9.17) is 4.74 Å². The molecule has 18 heavy (non-hydrogen) atoms. The summed E-state index contributed by atoms with van der Waals surface area (Å²) in [6.45, 7) is 7.58. The van der Waals surface area contributed by atoms with Crippen molar-refractivity contribution in [3.63, 3.8) is 0 Å². The SMILES string of the molecule is CCCNC(=O)N1CCOCC1C(=O)NC(C)C. The van der Waals surface area contributed by atoms with Gasteiger partial charge in [-0.1, -0.05) is 6.92 Å². The molecule has 1 saturated heterocycles. The largest absolute Gasteiger partial charge is 0.377 e. The third-order valence-corrected chi connectivity index (χ3v) is 2.65. The van der Waals surface area contributed by atoms with Crippen LogP contribution in [-0.2, 0) is 9.53 Å². The Balaban J connectivity index is 2.61. The van der Waals surface area contributed by atoms with Crippen molar-refractivity contribution in [3.8, 4) is 0 Å². The van der Waals surface area contributed by atoms with Gasteiger partial charge in [0, 0.05) is 19.1 Å². The second kappa shape index (κ2) is 7.20. The molecule has 1 unspecified atom stereocenters. The molecule has 0 aromatic carbocycles. The molecule has 1 aliphatic rings. The molecule has 0 aliphatic carbocycles. The molecule has 0 radical (unpaired) electrons. The first kappa shape index (κ1) is 14.8. The molecule has 6 nitrogen and oxygen atoms in total. The highest BCUT2D eigenvalue weighted by atomic mass is 16.5. The molecule has 3 amide bonds. The molecule has 1 atom stereocenters. The van der Waals surface area contributed by atoms with E-state index in [1.165, 1.54) is 0 Å². The first-order valence-corrected chi connectivity index (χ1v) is 6.48. The Hall–Kier alpha value is -1.30. The van der Waals surface area contributed by atoms with Crippen LogP contribution in [0.25, 0.3) is 0 Å². The Labute approximate surface area is 108 Å². The lowest BCUT2D eigenvalue weighted by Gasteiger charge is -2.34. The Kier molecular flexibility index (Phi) is 5.91. The molecule has 0 bridgehead atoms. The second-order valence-corrected chi connectivity index (χ2v) is 4.68. The summed E-state index contributed by atoms with van der Waals surface area (Å²) in [5, 5.41) is 5.60. The molecule has 1 aliphatic heterocycles. The number of carbonyl (C=O) groups is 2. The minimum Gasteiger partial charge on any atom is -0.377 e. The van der Waals surface area contributed by atoms with Crippen molar-refractivity contribution >= 4 is 11.9 Å². The van der Waals surface area contributed by atoms with E-state index in [2.05, 4.69) is 10.6 Å². The quantitative estimate of drug-likeness (QED) is 0.762. The molecule has 2 N–H and O–H groups in total. The van der Waals surface area contributed by atoms with Gasteiger partial charge in [-0.3, -0.25) is 4.79 Å². The van der Waals surface area contributed by atoms with Crippen molar-refractivity contribution in [3.05, 3.63) is 0 Å². The van der Waals surface area contributed by atoms with E-state index >= 15 is 0 Å². The van der Waals surface area contributed by atoms with E-state index in [0.29, 0.717) is 19.7 Å². The van der Waals surface area contributed by atoms with E-state index in [-0.39, 0.29) is 24.6 Å². The average Bonchev–Trinajstić information content (AvgIpc) is 2.35. The number of morpholine rings is 1. The fourth-order valence-corrected chi connectivity index (χ4v) is 1.78. The number of hydrogen-bond acceptors (Lipinski definition) is 3. The van der Waals surface area contributed by atoms with Crippen LogP contribution < -0.4 is 10.6 Å². The summed E-state index contributed by atoms with van der Waals surface area (Å²) < 4.78 is 5.29. The van der Waals surface area contributed by atoms with Gasteiger partial charge in [-0.15, -0.1) is 0 Å². The van der Waals surface area contributed by atoms with Crippen molar-refractivity contribution in [2.75, 3.05) is 26.3 Å². The van der Waals surface area contributed by atoms with Gasteiger partial charge in [-0.2, -0.15) is 0 Å². The van der Waals surface area contributed by atoms with Crippen LogP contribution >= 0.6 is 0 Å². The van der Waals surface area contributed by atoms with Gasteiger partial charge < -0.3 is 20.3 Å². The molecule has 6 heteroatoms. The van der Waals surface area contributed by atoms with Gasteiger partial charge in [0.25, 0.3) is 0 Å². The topological polar surface area (TPSA) is 70.7 Å². The maximum absolute atomic E-state index is 12.0. The molecule has 1 rings (SSSR count). The lowest BCUT2D eigenvalue weighted by molar-refractivity contribution is -0.130. The Morgan fingerprint density at radius 1 is 1.44 bits per heavy atom. The summed E-state index contributed by atoms with van der Waals surface area (Å²) in [6, 6.07) is -0.665. The number of carbonyl (C=O) groups excluding carboxylic acids is 2. The van der Waals surface area contributed by atoms with Gasteiger partial charge in [-0.05, 0) is 20.3 Å². The number of rotatable bonds is 4. The summed E-state index contributed by atoms with van der Waals surface area (Å²) in [5.41, 5.74) is 0. The molecule has 104 valence electrons. The summed E-state index contributed by atoms with van der Waals surface area (Å²) in [4.78, 5) is 25.5. The predicted octanol–water partition coefficient (Wildman–Crippen LogP) is 0.331. The highest BCUT2D eigenvalue weighted by molar-refractivity contribution is 5.87. The molecule has 1 heterocycles. The van der Waals surface area contributed by atoms with E-state index in [1.54, 1.807) is 4.90 Å². The van der Waals surface area contributed by atoms with Crippen LogP contribution in [-0.4, -0.2) is 55.2 Å².